The summed E-state index contributed by atoms with van der Waals surface area (Å²) < 4.78 is 5.37. The molecule has 0 heterocycles. The zero-order valence-electron chi connectivity index (χ0n) is 17.4. The molecule has 0 radical (unpaired) electrons. The molecule has 0 bridgehead atoms. The monoisotopic (exact) mass is 371 g/mol. The number of ether oxygens (including phenoxy) is 1. The SMILES string of the molecule is CCCNC(=O)CNC(=NC)NCC(CC)(CC)NC(=O)OC(C)(C)C. The minimum atomic E-state index is -0.547. The average Bonchev–Trinajstić information content (AvgIpc) is 2.57. The van der Waals surface area contributed by atoms with Gasteiger partial charge in [0.25, 0.3) is 0 Å². The van der Waals surface area contributed by atoms with Crippen LogP contribution in [0.15, 0.2) is 4.99 Å². The van der Waals surface area contributed by atoms with Crippen molar-refractivity contribution in [3.8, 4) is 0 Å². The molecule has 0 fully saturated rings. The van der Waals surface area contributed by atoms with E-state index in [0.29, 0.717) is 19.0 Å². The van der Waals surface area contributed by atoms with Crippen LogP contribution >= 0.6 is 0 Å². The van der Waals surface area contributed by atoms with Gasteiger partial charge in [0.1, 0.15) is 5.60 Å². The highest BCUT2D eigenvalue weighted by atomic mass is 16.6. The first-order chi connectivity index (χ1) is 12.1. The molecule has 0 aliphatic rings. The van der Waals surface area contributed by atoms with Gasteiger partial charge in [0.15, 0.2) is 5.96 Å². The molecule has 0 atom stereocenters. The molecule has 0 saturated carbocycles. The van der Waals surface area contributed by atoms with Crippen molar-refractivity contribution in [3.63, 3.8) is 0 Å². The molecule has 0 aromatic carbocycles. The Hall–Kier alpha value is -1.99. The molecule has 0 aromatic rings. The zero-order chi connectivity index (χ0) is 20.2. The summed E-state index contributed by atoms with van der Waals surface area (Å²) in [6.07, 6.45) is 1.91. The lowest BCUT2D eigenvalue weighted by molar-refractivity contribution is -0.120. The van der Waals surface area contributed by atoms with Crippen LogP contribution in [0.4, 0.5) is 4.79 Å². The molecule has 8 nitrogen and oxygen atoms in total. The molecule has 0 unspecified atom stereocenters. The molecular weight excluding hydrogens is 334 g/mol. The Morgan fingerprint density at radius 3 is 2.08 bits per heavy atom. The van der Waals surface area contributed by atoms with Crippen LogP contribution in [0.2, 0.25) is 0 Å². The Kier molecular flexibility index (Phi) is 10.7. The fraction of sp³-hybridized carbons (Fsp3) is 0.833. The molecule has 0 aromatic heterocycles. The van der Waals surface area contributed by atoms with E-state index in [1.165, 1.54) is 0 Å². The van der Waals surface area contributed by atoms with E-state index in [1.807, 2.05) is 41.5 Å². The number of amides is 2. The number of carbonyl (C=O) groups is 2. The van der Waals surface area contributed by atoms with E-state index in [1.54, 1.807) is 7.05 Å². The lowest BCUT2D eigenvalue weighted by Crippen LogP contribution is -2.57. The van der Waals surface area contributed by atoms with E-state index in [9.17, 15) is 9.59 Å². The quantitative estimate of drug-likeness (QED) is 0.365. The van der Waals surface area contributed by atoms with Crippen molar-refractivity contribution in [2.75, 3.05) is 26.7 Å². The maximum atomic E-state index is 12.2. The molecule has 0 spiro atoms. The first-order valence-corrected chi connectivity index (χ1v) is 9.33. The smallest absolute Gasteiger partial charge is 0.408 e. The Morgan fingerprint density at radius 1 is 1.00 bits per heavy atom. The molecule has 0 saturated heterocycles. The van der Waals surface area contributed by atoms with E-state index < -0.39 is 17.2 Å². The van der Waals surface area contributed by atoms with Crippen LogP contribution in [0, 0.1) is 0 Å². The van der Waals surface area contributed by atoms with Gasteiger partial charge in [-0.25, -0.2) is 4.79 Å². The first kappa shape index (κ1) is 24.0. The summed E-state index contributed by atoms with van der Waals surface area (Å²) in [4.78, 5) is 28.0. The molecule has 0 rings (SSSR count). The second-order valence-electron chi connectivity index (χ2n) is 7.24. The Morgan fingerprint density at radius 2 is 1.62 bits per heavy atom. The topological polar surface area (TPSA) is 104 Å². The molecule has 4 N–H and O–H groups in total. The maximum absolute atomic E-state index is 12.2. The van der Waals surface area contributed by atoms with Crippen LogP contribution in [0.1, 0.15) is 60.8 Å². The van der Waals surface area contributed by atoms with Crippen molar-refractivity contribution in [3.05, 3.63) is 0 Å². The van der Waals surface area contributed by atoms with Crippen LogP contribution in [0.3, 0.4) is 0 Å². The fourth-order valence-electron chi connectivity index (χ4n) is 2.21. The summed E-state index contributed by atoms with van der Waals surface area (Å²) in [5.74, 6) is 0.424. The standard InChI is InChI=1S/C18H37N5O3/c1-8-11-20-14(24)12-21-15(19-7)22-13-18(9-2,10-3)23-16(25)26-17(4,5)6/h8-13H2,1-7H3,(H,20,24)(H,23,25)(H2,19,21,22). The minimum Gasteiger partial charge on any atom is -0.444 e. The van der Waals surface area contributed by atoms with Gasteiger partial charge < -0.3 is 26.0 Å². The molecule has 152 valence electrons. The van der Waals surface area contributed by atoms with Gasteiger partial charge in [0, 0.05) is 20.1 Å². The largest absolute Gasteiger partial charge is 0.444 e. The predicted molar refractivity (Wildman–Crippen MR) is 105 cm³/mol. The van der Waals surface area contributed by atoms with Crippen molar-refractivity contribution in [1.82, 2.24) is 21.3 Å². The van der Waals surface area contributed by atoms with Gasteiger partial charge in [-0.3, -0.25) is 9.79 Å². The number of alkyl carbamates (subject to hydrolysis) is 1. The van der Waals surface area contributed by atoms with E-state index in [4.69, 9.17) is 4.74 Å². The molecule has 8 heteroatoms. The zero-order valence-corrected chi connectivity index (χ0v) is 17.4. The molecule has 0 aliphatic carbocycles. The predicted octanol–water partition coefficient (Wildman–Crippen LogP) is 1.76. The van der Waals surface area contributed by atoms with E-state index in [2.05, 4.69) is 26.3 Å². The summed E-state index contributed by atoms with van der Waals surface area (Å²) in [6, 6.07) is 0. The van der Waals surface area contributed by atoms with E-state index in [-0.39, 0.29) is 12.5 Å². The number of aliphatic imine (C=N–C) groups is 1. The summed E-state index contributed by atoms with van der Waals surface area (Å²) >= 11 is 0. The van der Waals surface area contributed by atoms with E-state index in [0.717, 1.165) is 19.3 Å². The van der Waals surface area contributed by atoms with Crippen molar-refractivity contribution >= 4 is 18.0 Å². The van der Waals surface area contributed by atoms with Gasteiger partial charge in [-0.2, -0.15) is 0 Å². The Balaban J connectivity index is 4.68. The Bertz CT molecular complexity index is 468. The number of hydrogen-bond donors (Lipinski definition) is 4. The van der Waals surface area contributed by atoms with Crippen molar-refractivity contribution < 1.29 is 14.3 Å². The minimum absolute atomic E-state index is 0.0843. The van der Waals surface area contributed by atoms with Gasteiger partial charge in [0.05, 0.1) is 12.1 Å². The van der Waals surface area contributed by atoms with Gasteiger partial charge in [-0.05, 0) is 40.0 Å². The third kappa shape index (κ3) is 10.1. The number of guanidine groups is 1. The number of carbonyl (C=O) groups excluding carboxylic acids is 2. The summed E-state index contributed by atoms with van der Waals surface area (Å²) in [7, 11) is 1.64. The van der Waals surface area contributed by atoms with Crippen molar-refractivity contribution in [1.29, 1.82) is 0 Å². The highest BCUT2D eigenvalue weighted by molar-refractivity contribution is 5.86. The van der Waals surface area contributed by atoms with Gasteiger partial charge in [-0.1, -0.05) is 20.8 Å². The molecular formula is C18H37N5O3. The highest BCUT2D eigenvalue weighted by Gasteiger charge is 2.30. The van der Waals surface area contributed by atoms with Crippen LogP contribution < -0.4 is 21.3 Å². The van der Waals surface area contributed by atoms with Crippen LogP contribution in [-0.4, -0.2) is 55.8 Å². The summed E-state index contributed by atoms with van der Waals surface area (Å²) in [6.45, 7) is 12.8. The number of nitrogens with one attached hydrogen (secondary N) is 4. The van der Waals surface area contributed by atoms with Crippen molar-refractivity contribution in [2.45, 2.75) is 71.9 Å². The summed E-state index contributed by atoms with van der Waals surface area (Å²) in [5.41, 5.74) is -1.02. The van der Waals surface area contributed by atoms with Crippen LogP contribution in [-0.2, 0) is 9.53 Å². The highest BCUT2D eigenvalue weighted by Crippen LogP contribution is 2.16. The molecule has 26 heavy (non-hydrogen) atoms. The van der Waals surface area contributed by atoms with Gasteiger partial charge in [-0.15, -0.1) is 0 Å². The lowest BCUT2D eigenvalue weighted by Gasteiger charge is -2.34. The normalized spacial score (nSPS) is 12.3. The van der Waals surface area contributed by atoms with Crippen LogP contribution in [0.25, 0.3) is 0 Å². The molecule has 0 aliphatic heterocycles. The second kappa shape index (κ2) is 11.6. The van der Waals surface area contributed by atoms with E-state index >= 15 is 0 Å². The van der Waals surface area contributed by atoms with Gasteiger partial charge >= 0.3 is 6.09 Å². The fourth-order valence-corrected chi connectivity index (χ4v) is 2.21. The average molecular weight is 372 g/mol. The Labute approximate surface area is 157 Å². The third-order valence-electron chi connectivity index (χ3n) is 3.93. The van der Waals surface area contributed by atoms with Gasteiger partial charge in [0.2, 0.25) is 5.91 Å². The summed E-state index contributed by atoms with van der Waals surface area (Å²) in [5, 5.41) is 11.9. The number of hydrogen-bond acceptors (Lipinski definition) is 4. The molecule has 2 amide bonds. The maximum Gasteiger partial charge on any atom is 0.408 e. The lowest BCUT2D eigenvalue weighted by atomic mass is 9.93. The first-order valence-electron chi connectivity index (χ1n) is 9.33. The number of nitrogens with zero attached hydrogens (tertiary/aromatic N) is 1. The van der Waals surface area contributed by atoms with Crippen LogP contribution in [0.5, 0.6) is 0 Å². The van der Waals surface area contributed by atoms with Crippen molar-refractivity contribution in [2.24, 2.45) is 4.99 Å². The third-order valence-corrected chi connectivity index (χ3v) is 3.93. The second-order valence-corrected chi connectivity index (χ2v) is 7.24. The number of rotatable bonds is 9.